The van der Waals surface area contributed by atoms with Crippen LogP contribution in [-0.4, -0.2) is 19.2 Å². The van der Waals surface area contributed by atoms with Crippen molar-refractivity contribution >= 4 is 11.4 Å². The van der Waals surface area contributed by atoms with Gasteiger partial charge in [0.1, 0.15) is 5.75 Å². The van der Waals surface area contributed by atoms with Gasteiger partial charge in [-0.1, -0.05) is 13.3 Å². The molecule has 0 amide bonds. The highest BCUT2D eigenvalue weighted by molar-refractivity contribution is 5.63. The van der Waals surface area contributed by atoms with Gasteiger partial charge in [0.25, 0.3) is 0 Å². The van der Waals surface area contributed by atoms with Crippen molar-refractivity contribution < 1.29 is 4.74 Å². The van der Waals surface area contributed by atoms with Crippen LogP contribution >= 0.6 is 0 Å². The van der Waals surface area contributed by atoms with Gasteiger partial charge >= 0.3 is 0 Å². The molecule has 1 aliphatic carbocycles. The van der Waals surface area contributed by atoms with Crippen molar-refractivity contribution in [1.29, 1.82) is 0 Å². The van der Waals surface area contributed by atoms with E-state index < -0.39 is 0 Å². The maximum atomic E-state index is 6.02. The molecule has 2 aliphatic rings. The normalized spacial score (nSPS) is 25.6. The maximum Gasteiger partial charge on any atom is 0.144 e. The van der Waals surface area contributed by atoms with Crippen molar-refractivity contribution in [3.63, 3.8) is 0 Å². The quantitative estimate of drug-likeness (QED) is 0.848. The lowest BCUT2D eigenvalue weighted by atomic mass is 9.91. The molecule has 2 N–H and O–H groups in total. The molecule has 0 radical (unpaired) electrons. The lowest BCUT2D eigenvalue weighted by Gasteiger charge is -2.39. The first-order valence-corrected chi connectivity index (χ1v) is 8.08. The number of ether oxygens (including phenoxy) is 1. The largest absolute Gasteiger partial charge is 0.491 e. The van der Waals surface area contributed by atoms with Crippen LogP contribution in [0.5, 0.6) is 5.75 Å². The average Bonchev–Trinajstić information content (AvgIpc) is 2.95. The van der Waals surface area contributed by atoms with E-state index in [1.807, 2.05) is 6.07 Å². The predicted molar refractivity (Wildman–Crippen MR) is 84.3 cm³/mol. The zero-order valence-electron chi connectivity index (χ0n) is 12.5. The van der Waals surface area contributed by atoms with Crippen LogP contribution < -0.4 is 15.4 Å². The zero-order chi connectivity index (χ0) is 13.9. The number of benzene rings is 1. The third-order valence-corrected chi connectivity index (χ3v) is 4.78. The van der Waals surface area contributed by atoms with E-state index in [2.05, 4.69) is 24.0 Å². The summed E-state index contributed by atoms with van der Waals surface area (Å²) in [5.74, 6) is 1.76. The zero-order valence-corrected chi connectivity index (χ0v) is 12.5. The van der Waals surface area contributed by atoms with Crippen molar-refractivity contribution in [1.82, 2.24) is 0 Å². The van der Waals surface area contributed by atoms with Crippen LogP contribution in [-0.2, 0) is 0 Å². The lowest BCUT2D eigenvalue weighted by molar-refractivity contribution is 0.318. The number of hydrogen-bond acceptors (Lipinski definition) is 3. The molecular formula is C17H26N2O. The van der Waals surface area contributed by atoms with Crippen molar-refractivity contribution in [2.24, 2.45) is 5.92 Å². The molecule has 0 bridgehead atoms. The number of nitrogen functional groups attached to an aromatic ring is 1. The smallest absolute Gasteiger partial charge is 0.144 e. The molecule has 3 nitrogen and oxygen atoms in total. The Balaban J connectivity index is 1.81. The van der Waals surface area contributed by atoms with Crippen molar-refractivity contribution in [3.05, 3.63) is 18.2 Å². The summed E-state index contributed by atoms with van der Waals surface area (Å²) in [5, 5.41) is 0. The predicted octanol–water partition coefficient (Wildman–Crippen LogP) is 3.83. The number of hydrogen-bond donors (Lipinski definition) is 1. The first-order chi connectivity index (χ1) is 9.79. The first kappa shape index (κ1) is 13.6. The van der Waals surface area contributed by atoms with Crippen LogP contribution in [0.1, 0.15) is 45.4 Å². The van der Waals surface area contributed by atoms with Crippen LogP contribution in [0, 0.1) is 5.92 Å². The highest BCUT2D eigenvalue weighted by atomic mass is 16.5. The molecular weight excluding hydrogens is 248 g/mol. The summed E-state index contributed by atoms with van der Waals surface area (Å²) in [5.41, 5.74) is 8.07. The summed E-state index contributed by atoms with van der Waals surface area (Å²) in [6.45, 7) is 4.03. The molecule has 2 atom stereocenters. The van der Waals surface area contributed by atoms with Gasteiger partial charge in [0, 0.05) is 24.3 Å². The lowest BCUT2D eigenvalue weighted by Crippen LogP contribution is -2.42. The van der Waals surface area contributed by atoms with Crippen LogP contribution in [0.15, 0.2) is 18.2 Å². The van der Waals surface area contributed by atoms with Gasteiger partial charge in [0.05, 0.1) is 12.3 Å². The molecule has 3 rings (SSSR count). The molecule has 110 valence electrons. The van der Waals surface area contributed by atoms with E-state index in [9.17, 15) is 0 Å². The third-order valence-electron chi connectivity index (χ3n) is 4.78. The van der Waals surface area contributed by atoms with Gasteiger partial charge in [-0.25, -0.2) is 0 Å². The van der Waals surface area contributed by atoms with E-state index in [-0.39, 0.29) is 0 Å². The molecule has 0 aromatic heterocycles. The second-order valence-electron chi connectivity index (χ2n) is 6.16. The highest BCUT2D eigenvalue weighted by Gasteiger charge is 2.35. The summed E-state index contributed by atoms with van der Waals surface area (Å²) in [6, 6.07) is 7.05. The van der Waals surface area contributed by atoms with E-state index in [1.165, 1.54) is 44.3 Å². The molecule has 1 aliphatic heterocycles. The topological polar surface area (TPSA) is 38.5 Å². The van der Waals surface area contributed by atoms with Crippen LogP contribution in [0.3, 0.4) is 0 Å². The van der Waals surface area contributed by atoms with E-state index in [4.69, 9.17) is 10.5 Å². The SMILES string of the molecule is CCCOc1cc(N2CCCC3CCCC32)ccc1N. The van der Waals surface area contributed by atoms with E-state index in [0.29, 0.717) is 0 Å². The van der Waals surface area contributed by atoms with Gasteiger partial charge in [-0.2, -0.15) is 0 Å². The summed E-state index contributed by atoms with van der Waals surface area (Å²) < 4.78 is 5.78. The van der Waals surface area contributed by atoms with E-state index in [0.717, 1.165) is 36.4 Å². The second-order valence-corrected chi connectivity index (χ2v) is 6.16. The molecule has 1 aromatic rings. The summed E-state index contributed by atoms with van der Waals surface area (Å²) in [4.78, 5) is 2.60. The highest BCUT2D eigenvalue weighted by Crippen LogP contribution is 2.40. The minimum absolute atomic E-state index is 0.736. The number of nitrogens with two attached hydrogens (primary N) is 1. The summed E-state index contributed by atoms with van der Waals surface area (Å²) in [6.07, 6.45) is 7.89. The van der Waals surface area contributed by atoms with Crippen molar-refractivity contribution in [2.45, 2.75) is 51.5 Å². The Bertz CT molecular complexity index is 460. The Morgan fingerprint density at radius 3 is 2.95 bits per heavy atom. The molecule has 2 unspecified atom stereocenters. The Hall–Kier alpha value is -1.38. The Morgan fingerprint density at radius 1 is 1.25 bits per heavy atom. The second kappa shape index (κ2) is 5.94. The van der Waals surface area contributed by atoms with Gasteiger partial charge in [0.2, 0.25) is 0 Å². The van der Waals surface area contributed by atoms with Gasteiger partial charge in [0.15, 0.2) is 0 Å². The fourth-order valence-corrected chi connectivity index (χ4v) is 3.81. The Kier molecular flexibility index (Phi) is 4.04. The van der Waals surface area contributed by atoms with E-state index in [1.54, 1.807) is 0 Å². The molecule has 20 heavy (non-hydrogen) atoms. The molecule has 1 aromatic carbocycles. The summed E-state index contributed by atoms with van der Waals surface area (Å²) in [7, 11) is 0. The van der Waals surface area contributed by atoms with Crippen LogP contribution in [0.25, 0.3) is 0 Å². The van der Waals surface area contributed by atoms with Gasteiger partial charge in [-0.15, -0.1) is 0 Å². The van der Waals surface area contributed by atoms with Crippen molar-refractivity contribution in [3.8, 4) is 5.75 Å². The molecule has 3 heteroatoms. The minimum Gasteiger partial charge on any atom is -0.491 e. The maximum absolute atomic E-state index is 6.02. The monoisotopic (exact) mass is 274 g/mol. The number of rotatable bonds is 4. The number of fused-ring (bicyclic) bond motifs is 1. The molecule has 0 spiro atoms. The van der Waals surface area contributed by atoms with Gasteiger partial charge in [-0.05, 0) is 50.2 Å². The fourth-order valence-electron chi connectivity index (χ4n) is 3.81. The Labute approximate surface area is 122 Å². The molecule has 2 fully saturated rings. The van der Waals surface area contributed by atoms with Gasteiger partial charge < -0.3 is 15.4 Å². The number of anilines is 2. The standard InChI is InChI=1S/C17H26N2O/c1-2-11-20-17-12-14(8-9-15(17)18)19-10-4-6-13-5-3-7-16(13)19/h8-9,12-13,16H,2-7,10-11,18H2,1H3. The van der Waals surface area contributed by atoms with Crippen LogP contribution in [0.2, 0.25) is 0 Å². The third kappa shape index (κ3) is 2.58. The summed E-state index contributed by atoms with van der Waals surface area (Å²) >= 11 is 0. The molecule has 1 saturated carbocycles. The van der Waals surface area contributed by atoms with Gasteiger partial charge in [-0.3, -0.25) is 0 Å². The fraction of sp³-hybridized carbons (Fsp3) is 0.647. The minimum atomic E-state index is 0.736. The Morgan fingerprint density at radius 2 is 2.10 bits per heavy atom. The molecule has 1 heterocycles. The number of piperidine rings is 1. The average molecular weight is 274 g/mol. The first-order valence-electron chi connectivity index (χ1n) is 8.08. The van der Waals surface area contributed by atoms with Crippen molar-refractivity contribution in [2.75, 3.05) is 23.8 Å². The van der Waals surface area contributed by atoms with Crippen LogP contribution in [0.4, 0.5) is 11.4 Å². The number of nitrogens with zero attached hydrogens (tertiary/aromatic N) is 1. The molecule has 1 saturated heterocycles. The van der Waals surface area contributed by atoms with E-state index >= 15 is 0 Å².